The molecule has 1 aromatic carbocycles. The zero-order chi connectivity index (χ0) is 25.0. The van der Waals surface area contributed by atoms with Crippen LogP contribution in [0.4, 0.5) is 15.9 Å². The minimum absolute atomic E-state index is 0.0524. The van der Waals surface area contributed by atoms with Gasteiger partial charge in [0.1, 0.15) is 23.7 Å². The van der Waals surface area contributed by atoms with E-state index in [1.807, 2.05) is 11.0 Å². The minimum atomic E-state index is -0.249. The second kappa shape index (κ2) is 8.96. The number of pyridine rings is 1. The number of hydrogen-bond acceptors (Lipinski definition) is 7. The molecule has 1 aromatic heterocycles. The first-order valence-electron chi connectivity index (χ1n) is 12.5. The lowest BCUT2D eigenvalue weighted by atomic mass is 10.0. The SMILES string of the molecule is CC(=O)N1CCN(c2nc3c(C)c(F)ccc3cc2C(C)Nc2c3ncnsc-3c3c2CCC3)CC1. The predicted molar refractivity (Wildman–Crippen MR) is 141 cm³/mol. The van der Waals surface area contributed by atoms with Gasteiger partial charge in [0, 0.05) is 49.6 Å². The van der Waals surface area contributed by atoms with Crippen molar-refractivity contribution in [1.82, 2.24) is 19.2 Å². The standard InChI is InChI=1S/C27H29FN6OS/c1-15-22(28)8-7-18-13-21(27(32-23(15)18)34-11-9-33(10-12-34)17(3)35)16(2)31-24-19-5-4-6-20(19)26-25(24)29-14-30-36-26/h7-8,13-14,16,31H,4-6,9-12H2,1-3H3. The number of carbonyl (C=O) groups is 1. The Kier molecular flexibility index (Phi) is 5.75. The molecule has 1 N–H and O–H groups in total. The van der Waals surface area contributed by atoms with Crippen LogP contribution in [-0.2, 0) is 17.6 Å². The molecule has 1 amide bonds. The molecule has 2 aliphatic heterocycles. The number of halogens is 1. The van der Waals surface area contributed by atoms with Crippen LogP contribution in [0.15, 0.2) is 24.5 Å². The number of anilines is 2. The van der Waals surface area contributed by atoms with E-state index in [1.54, 1.807) is 20.2 Å². The maximum atomic E-state index is 14.4. The maximum absolute atomic E-state index is 14.4. The summed E-state index contributed by atoms with van der Waals surface area (Å²) >= 11 is 1.52. The van der Waals surface area contributed by atoms with Crippen molar-refractivity contribution in [2.75, 3.05) is 36.4 Å². The van der Waals surface area contributed by atoms with E-state index < -0.39 is 0 Å². The highest BCUT2D eigenvalue weighted by atomic mass is 32.1. The van der Waals surface area contributed by atoms with Crippen LogP contribution in [0.5, 0.6) is 0 Å². The Hall–Kier alpha value is -3.33. The quantitative estimate of drug-likeness (QED) is 0.423. The van der Waals surface area contributed by atoms with E-state index in [9.17, 15) is 9.18 Å². The molecule has 0 saturated carbocycles. The number of hydrogen-bond donors (Lipinski definition) is 1. The second-order valence-electron chi connectivity index (χ2n) is 9.81. The molecule has 36 heavy (non-hydrogen) atoms. The zero-order valence-corrected chi connectivity index (χ0v) is 21.6. The predicted octanol–water partition coefficient (Wildman–Crippen LogP) is 4.97. The molecule has 0 radical (unpaired) electrons. The van der Waals surface area contributed by atoms with Gasteiger partial charge in [-0.15, -0.1) is 0 Å². The summed E-state index contributed by atoms with van der Waals surface area (Å²) in [5.74, 6) is 0.694. The van der Waals surface area contributed by atoms with E-state index in [1.165, 1.54) is 33.6 Å². The van der Waals surface area contributed by atoms with E-state index in [2.05, 4.69) is 32.6 Å². The summed E-state index contributed by atoms with van der Waals surface area (Å²) in [6.07, 6.45) is 4.90. The van der Waals surface area contributed by atoms with Crippen LogP contribution in [0.2, 0.25) is 0 Å². The zero-order valence-electron chi connectivity index (χ0n) is 20.8. The first-order chi connectivity index (χ1) is 17.4. The lowest BCUT2D eigenvalue weighted by Gasteiger charge is -2.36. The van der Waals surface area contributed by atoms with Crippen LogP contribution in [0.3, 0.4) is 0 Å². The Bertz CT molecular complexity index is 1440. The molecule has 0 bridgehead atoms. The summed E-state index contributed by atoms with van der Waals surface area (Å²) in [5.41, 5.74) is 7.14. The summed E-state index contributed by atoms with van der Waals surface area (Å²) < 4.78 is 18.7. The van der Waals surface area contributed by atoms with Crippen molar-refractivity contribution in [1.29, 1.82) is 0 Å². The topological polar surface area (TPSA) is 74.2 Å². The number of aryl methyl sites for hydroxylation is 1. The van der Waals surface area contributed by atoms with Crippen molar-refractivity contribution in [2.24, 2.45) is 0 Å². The number of nitrogens with zero attached hydrogens (tertiary/aromatic N) is 5. The van der Waals surface area contributed by atoms with E-state index in [0.29, 0.717) is 37.3 Å². The van der Waals surface area contributed by atoms with Gasteiger partial charge in [-0.25, -0.2) is 14.4 Å². The summed E-state index contributed by atoms with van der Waals surface area (Å²) in [4.78, 5) is 26.8. The minimum Gasteiger partial charge on any atom is -0.376 e. The average Bonchev–Trinajstić information content (AvgIpc) is 3.48. The highest BCUT2D eigenvalue weighted by Gasteiger charge is 2.31. The number of piperazine rings is 1. The van der Waals surface area contributed by atoms with Crippen LogP contribution in [0.25, 0.3) is 21.5 Å². The molecule has 0 spiro atoms. The molecule has 9 heteroatoms. The highest BCUT2D eigenvalue weighted by Crippen LogP contribution is 2.47. The fourth-order valence-electron chi connectivity index (χ4n) is 5.67. The van der Waals surface area contributed by atoms with Crippen molar-refractivity contribution in [3.8, 4) is 10.6 Å². The summed E-state index contributed by atoms with van der Waals surface area (Å²) in [6, 6.07) is 5.41. The van der Waals surface area contributed by atoms with Gasteiger partial charge in [-0.3, -0.25) is 4.79 Å². The number of amides is 1. The molecule has 6 rings (SSSR count). The lowest BCUT2D eigenvalue weighted by molar-refractivity contribution is -0.129. The molecule has 4 aliphatic rings. The lowest BCUT2D eigenvalue weighted by Crippen LogP contribution is -2.48. The van der Waals surface area contributed by atoms with Gasteiger partial charge >= 0.3 is 0 Å². The van der Waals surface area contributed by atoms with Crippen LogP contribution in [0, 0.1) is 12.7 Å². The van der Waals surface area contributed by atoms with Gasteiger partial charge in [0.15, 0.2) is 0 Å². The Labute approximate surface area is 213 Å². The van der Waals surface area contributed by atoms with E-state index >= 15 is 0 Å². The summed E-state index contributed by atoms with van der Waals surface area (Å²) in [5, 5.41) is 4.71. The third-order valence-electron chi connectivity index (χ3n) is 7.66. The summed E-state index contributed by atoms with van der Waals surface area (Å²) in [6.45, 7) is 8.23. The van der Waals surface area contributed by atoms with Gasteiger partial charge in [0.05, 0.1) is 22.1 Å². The van der Waals surface area contributed by atoms with Crippen LogP contribution >= 0.6 is 11.5 Å². The van der Waals surface area contributed by atoms with Crippen molar-refractivity contribution in [3.63, 3.8) is 0 Å². The smallest absolute Gasteiger partial charge is 0.219 e. The highest BCUT2D eigenvalue weighted by molar-refractivity contribution is 7.09. The Morgan fingerprint density at radius 3 is 2.72 bits per heavy atom. The number of aromatic nitrogens is 3. The molecule has 7 nitrogen and oxygen atoms in total. The molecule has 3 heterocycles. The van der Waals surface area contributed by atoms with Crippen LogP contribution in [0.1, 0.15) is 48.6 Å². The summed E-state index contributed by atoms with van der Waals surface area (Å²) in [7, 11) is 0. The van der Waals surface area contributed by atoms with Gasteiger partial charge < -0.3 is 15.1 Å². The van der Waals surface area contributed by atoms with Crippen molar-refractivity contribution in [2.45, 2.75) is 46.1 Å². The molecule has 1 atom stereocenters. The maximum Gasteiger partial charge on any atom is 0.219 e. The largest absolute Gasteiger partial charge is 0.376 e. The fourth-order valence-corrected chi connectivity index (χ4v) is 6.44. The Morgan fingerprint density at radius 2 is 1.94 bits per heavy atom. The molecule has 186 valence electrons. The van der Waals surface area contributed by atoms with Crippen LogP contribution in [-0.4, -0.2) is 51.3 Å². The van der Waals surface area contributed by atoms with Crippen molar-refractivity contribution >= 4 is 39.8 Å². The number of fused-ring (bicyclic) bond motifs is 4. The third kappa shape index (κ3) is 3.77. The number of carbonyl (C=O) groups excluding carboxylic acids is 1. The van der Waals surface area contributed by atoms with Crippen LogP contribution < -0.4 is 10.2 Å². The fraction of sp³-hybridized carbons (Fsp3) is 0.407. The number of benzene rings is 1. The number of rotatable bonds is 4. The molecule has 1 unspecified atom stereocenters. The van der Waals surface area contributed by atoms with E-state index in [4.69, 9.17) is 4.98 Å². The third-order valence-corrected chi connectivity index (χ3v) is 8.48. The monoisotopic (exact) mass is 504 g/mol. The molecular weight excluding hydrogens is 475 g/mol. The molecule has 2 aromatic rings. The van der Waals surface area contributed by atoms with Gasteiger partial charge in [0.25, 0.3) is 0 Å². The number of nitrogens with one attached hydrogen (secondary N) is 1. The van der Waals surface area contributed by atoms with Crippen molar-refractivity contribution < 1.29 is 9.18 Å². The molecule has 1 fully saturated rings. The first kappa shape index (κ1) is 23.1. The van der Waals surface area contributed by atoms with Gasteiger partial charge in [0.2, 0.25) is 5.91 Å². The normalized spacial score (nSPS) is 16.6. The van der Waals surface area contributed by atoms with E-state index in [-0.39, 0.29) is 17.8 Å². The molecular formula is C27H29FN6OS. The van der Waals surface area contributed by atoms with Gasteiger partial charge in [-0.1, -0.05) is 0 Å². The molecule has 2 aliphatic carbocycles. The first-order valence-corrected chi connectivity index (χ1v) is 13.3. The van der Waals surface area contributed by atoms with Gasteiger partial charge in [-0.05, 0) is 74.0 Å². The molecule has 1 saturated heterocycles. The second-order valence-corrected chi connectivity index (χ2v) is 10.6. The van der Waals surface area contributed by atoms with Gasteiger partial charge in [-0.2, -0.15) is 4.37 Å². The van der Waals surface area contributed by atoms with Crippen molar-refractivity contribution in [3.05, 3.63) is 52.6 Å². The van der Waals surface area contributed by atoms with E-state index in [0.717, 1.165) is 47.4 Å². The Balaban J connectivity index is 1.42. The average molecular weight is 505 g/mol. The Morgan fingerprint density at radius 1 is 1.17 bits per heavy atom.